The molecule has 1 aliphatic carbocycles. The molecule has 0 saturated carbocycles. The lowest BCUT2D eigenvalue weighted by atomic mass is 9.98. The van der Waals surface area contributed by atoms with Crippen LogP contribution in [0.3, 0.4) is 0 Å². The van der Waals surface area contributed by atoms with E-state index in [2.05, 4.69) is 34.9 Å². The molecule has 0 unspecified atom stereocenters. The molecular formula is C50H46N4O8. The quantitative estimate of drug-likeness (QED) is 0.127. The minimum absolute atomic E-state index is 0.00841. The highest BCUT2D eigenvalue weighted by Gasteiger charge is 2.38. The summed E-state index contributed by atoms with van der Waals surface area (Å²) < 4.78 is 16.6. The number of carbonyl (C=O) groups is 5. The van der Waals surface area contributed by atoms with Gasteiger partial charge in [0.05, 0.1) is 56.7 Å². The largest absolute Gasteiger partial charge is 0.496 e. The SMILES string of the molecule is CN[C@@H](C)C(=O)N[C@H]1CN(C(=O)c2ccc(CC(=O)OCC3c4ccccc4-c4ccccc43)cc2)c2ccccc2N(Cc2c(OC)ccc3cc(C(=O)OC)ccc23)C1=O. The molecule has 2 aliphatic rings. The molecule has 2 N–H and O–H groups in total. The van der Waals surface area contributed by atoms with Crippen molar-refractivity contribution in [3.8, 4) is 16.9 Å². The highest BCUT2D eigenvalue weighted by atomic mass is 16.5. The number of benzene rings is 6. The van der Waals surface area contributed by atoms with Crippen LogP contribution in [0.5, 0.6) is 5.75 Å². The summed E-state index contributed by atoms with van der Waals surface area (Å²) in [5, 5.41) is 7.27. The molecule has 6 aromatic rings. The van der Waals surface area contributed by atoms with Crippen LogP contribution in [-0.2, 0) is 36.8 Å². The third-order valence-corrected chi connectivity index (χ3v) is 11.7. The summed E-state index contributed by atoms with van der Waals surface area (Å²) in [4.78, 5) is 71.4. The maximum Gasteiger partial charge on any atom is 0.337 e. The predicted molar refractivity (Wildman–Crippen MR) is 236 cm³/mol. The van der Waals surface area contributed by atoms with Crippen LogP contribution >= 0.6 is 0 Å². The molecule has 0 bridgehead atoms. The standard InChI is InChI=1S/C50H46N4O8/c1-30(51-2)47(56)52-42-28-54(44-16-10-9-15-43(44)53(49(42)58)27-40-35-23-21-34(50(59)61-4)26-33(35)22-24-45(40)60-3)48(57)32-19-17-31(18-20-32)25-46(55)62-29-41-38-13-7-5-11-36(38)37-12-6-8-14-39(37)41/h5-24,26,30,41-42,51H,25,27-29H2,1-4H3,(H,52,56)/t30-,42-/m0/s1. The summed E-state index contributed by atoms with van der Waals surface area (Å²) in [7, 11) is 4.50. The molecule has 0 aromatic heterocycles. The lowest BCUT2D eigenvalue weighted by Crippen LogP contribution is -2.55. The van der Waals surface area contributed by atoms with E-state index >= 15 is 0 Å². The number of para-hydroxylation sites is 2. The molecule has 0 fully saturated rings. The van der Waals surface area contributed by atoms with Gasteiger partial charge in [-0.2, -0.15) is 0 Å². The van der Waals surface area contributed by atoms with E-state index in [4.69, 9.17) is 14.2 Å². The van der Waals surface area contributed by atoms with Gasteiger partial charge in [0.1, 0.15) is 18.4 Å². The van der Waals surface area contributed by atoms with Gasteiger partial charge >= 0.3 is 11.9 Å². The Balaban J connectivity index is 1.06. The molecule has 0 radical (unpaired) electrons. The van der Waals surface area contributed by atoms with Crippen LogP contribution in [0, 0.1) is 0 Å². The molecular weight excluding hydrogens is 785 g/mol. The van der Waals surface area contributed by atoms with Crippen molar-refractivity contribution >= 4 is 51.8 Å². The van der Waals surface area contributed by atoms with Gasteiger partial charge in [0, 0.05) is 17.0 Å². The van der Waals surface area contributed by atoms with Gasteiger partial charge in [0.25, 0.3) is 11.8 Å². The highest BCUT2D eigenvalue weighted by Crippen LogP contribution is 2.44. The predicted octanol–water partition coefficient (Wildman–Crippen LogP) is 6.82. The van der Waals surface area contributed by atoms with E-state index in [0.717, 1.165) is 33.0 Å². The number of methoxy groups -OCH3 is 2. The van der Waals surface area contributed by atoms with E-state index < -0.39 is 35.8 Å². The molecule has 3 amide bonds. The van der Waals surface area contributed by atoms with Crippen molar-refractivity contribution in [1.82, 2.24) is 10.6 Å². The summed E-state index contributed by atoms with van der Waals surface area (Å²) in [6.45, 7) is 1.74. The van der Waals surface area contributed by atoms with E-state index in [1.54, 1.807) is 91.7 Å². The Morgan fingerprint density at radius 2 is 1.42 bits per heavy atom. The van der Waals surface area contributed by atoms with Crippen molar-refractivity contribution in [1.29, 1.82) is 0 Å². The van der Waals surface area contributed by atoms with Crippen molar-refractivity contribution in [2.24, 2.45) is 0 Å². The first-order valence-corrected chi connectivity index (χ1v) is 20.4. The van der Waals surface area contributed by atoms with Crippen molar-refractivity contribution < 1.29 is 38.2 Å². The smallest absolute Gasteiger partial charge is 0.337 e. The number of esters is 2. The van der Waals surface area contributed by atoms with Gasteiger partial charge in [-0.25, -0.2) is 4.79 Å². The van der Waals surface area contributed by atoms with Gasteiger partial charge in [0.15, 0.2) is 0 Å². The summed E-state index contributed by atoms with van der Waals surface area (Å²) >= 11 is 0. The molecule has 2 atom stereocenters. The number of carbonyl (C=O) groups excluding carboxylic acids is 5. The number of nitrogens with one attached hydrogen (secondary N) is 2. The van der Waals surface area contributed by atoms with E-state index in [9.17, 15) is 24.0 Å². The number of hydrogen-bond donors (Lipinski definition) is 2. The minimum atomic E-state index is -1.14. The average Bonchev–Trinajstić information content (AvgIpc) is 3.57. The number of anilines is 2. The van der Waals surface area contributed by atoms with Crippen molar-refractivity contribution in [3.63, 3.8) is 0 Å². The number of hydrogen-bond acceptors (Lipinski definition) is 9. The summed E-state index contributed by atoms with van der Waals surface area (Å²) in [5.74, 6) is -1.67. The zero-order chi connectivity index (χ0) is 43.5. The Morgan fingerprint density at radius 1 is 0.774 bits per heavy atom. The van der Waals surface area contributed by atoms with Crippen LogP contribution in [0.2, 0.25) is 0 Å². The summed E-state index contributed by atoms with van der Waals surface area (Å²) in [6, 6.07) is 37.2. The fourth-order valence-corrected chi connectivity index (χ4v) is 8.36. The lowest BCUT2D eigenvalue weighted by Gasteiger charge is -2.27. The van der Waals surface area contributed by atoms with Crippen LogP contribution in [0.4, 0.5) is 11.4 Å². The number of nitrogens with zero attached hydrogens (tertiary/aromatic N) is 2. The van der Waals surface area contributed by atoms with Crippen molar-refractivity contribution in [2.75, 3.05) is 44.2 Å². The zero-order valence-corrected chi connectivity index (χ0v) is 34.8. The fraction of sp³-hybridized carbons (Fsp3) is 0.220. The number of ether oxygens (including phenoxy) is 3. The van der Waals surface area contributed by atoms with Gasteiger partial charge < -0.3 is 34.6 Å². The van der Waals surface area contributed by atoms with Crippen LogP contribution < -0.4 is 25.2 Å². The normalized spacial score (nSPS) is 14.9. The second-order valence-electron chi connectivity index (χ2n) is 15.4. The zero-order valence-electron chi connectivity index (χ0n) is 34.8. The molecule has 6 aromatic carbocycles. The van der Waals surface area contributed by atoms with Gasteiger partial charge in [-0.1, -0.05) is 84.9 Å². The van der Waals surface area contributed by atoms with E-state index in [1.807, 2.05) is 30.3 Å². The first-order chi connectivity index (χ1) is 30.1. The topological polar surface area (TPSA) is 144 Å². The third kappa shape index (κ3) is 8.00. The molecule has 0 spiro atoms. The van der Waals surface area contributed by atoms with Crippen LogP contribution in [0.15, 0.2) is 127 Å². The molecule has 1 aliphatic heterocycles. The summed E-state index contributed by atoms with van der Waals surface area (Å²) in [5.41, 5.74) is 7.48. The first kappa shape index (κ1) is 41.4. The Hall–Kier alpha value is -7.31. The maximum absolute atomic E-state index is 14.8. The Morgan fingerprint density at radius 3 is 2.08 bits per heavy atom. The molecule has 1 heterocycles. The molecule has 12 nitrogen and oxygen atoms in total. The number of amides is 3. The fourth-order valence-electron chi connectivity index (χ4n) is 8.36. The number of fused-ring (bicyclic) bond motifs is 5. The highest BCUT2D eigenvalue weighted by molar-refractivity contribution is 6.13. The van der Waals surface area contributed by atoms with Crippen LogP contribution in [0.1, 0.15) is 55.8 Å². The van der Waals surface area contributed by atoms with Crippen molar-refractivity contribution in [3.05, 3.63) is 161 Å². The number of likely N-dealkylation sites (N-methyl/N-ethyl adjacent to an activating group) is 1. The van der Waals surface area contributed by atoms with E-state index in [-0.39, 0.29) is 38.0 Å². The van der Waals surface area contributed by atoms with E-state index in [0.29, 0.717) is 39.4 Å². The Bertz CT molecular complexity index is 2670. The molecule has 12 heteroatoms. The lowest BCUT2D eigenvalue weighted by molar-refractivity contribution is -0.143. The monoisotopic (exact) mass is 830 g/mol. The molecule has 314 valence electrons. The molecule has 62 heavy (non-hydrogen) atoms. The Kier molecular flexibility index (Phi) is 11.8. The van der Waals surface area contributed by atoms with Gasteiger partial charge in [-0.3, -0.25) is 19.2 Å². The first-order valence-electron chi connectivity index (χ1n) is 20.4. The number of rotatable bonds is 12. The minimum Gasteiger partial charge on any atom is -0.496 e. The second-order valence-corrected chi connectivity index (χ2v) is 15.4. The van der Waals surface area contributed by atoms with Gasteiger partial charge in [0.2, 0.25) is 5.91 Å². The third-order valence-electron chi connectivity index (χ3n) is 11.7. The van der Waals surface area contributed by atoms with Gasteiger partial charge in [-0.05, 0) is 95.0 Å². The van der Waals surface area contributed by atoms with Gasteiger partial charge in [-0.15, -0.1) is 0 Å². The second kappa shape index (κ2) is 17.7. The van der Waals surface area contributed by atoms with Crippen LogP contribution in [-0.4, -0.2) is 76.2 Å². The average molecular weight is 831 g/mol. The van der Waals surface area contributed by atoms with E-state index in [1.165, 1.54) is 19.1 Å². The van der Waals surface area contributed by atoms with Crippen molar-refractivity contribution in [2.45, 2.75) is 37.9 Å². The molecule has 0 saturated heterocycles. The van der Waals surface area contributed by atoms with Crippen LogP contribution in [0.25, 0.3) is 21.9 Å². The Labute approximate surface area is 359 Å². The summed E-state index contributed by atoms with van der Waals surface area (Å²) in [6.07, 6.45) is 0.0138. The maximum atomic E-state index is 14.8. The molecule has 8 rings (SSSR count).